The van der Waals surface area contributed by atoms with Crippen molar-refractivity contribution >= 4 is 11.8 Å². The Morgan fingerprint density at radius 2 is 1.94 bits per heavy atom. The second-order valence-electron chi connectivity index (χ2n) is 4.24. The van der Waals surface area contributed by atoms with Gasteiger partial charge in [0.25, 0.3) is 0 Å². The molecule has 17 heavy (non-hydrogen) atoms. The third-order valence-electron chi connectivity index (χ3n) is 2.48. The number of hydrogen-bond acceptors (Lipinski definition) is 3. The molecule has 0 saturated carbocycles. The first kappa shape index (κ1) is 14.5. The highest BCUT2D eigenvalue weighted by Crippen LogP contribution is 2.17. The summed E-state index contributed by atoms with van der Waals surface area (Å²) in [5.41, 5.74) is 0. The zero-order valence-corrected chi connectivity index (χ0v) is 11.2. The number of aliphatic hydroxyl groups excluding tert-OH is 1. The summed E-state index contributed by atoms with van der Waals surface area (Å²) >= 11 is 1.72. The fourth-order valence-electron chi connectivity index (χ4n) is 1.37. The number of rotatable bonds is 7. The molecule has 96 valence electrons. The molecule has 0 aliphatic heterocycles. The number of nitrogens with zero attached hydrogens (tertiary/aromatic N) is 1. The Kier molecular flexibility index (Phi) is 6.55. The Morgan fingerprint density at radius 3 is 2.53 bits per heavy atom. The van der Waals surface area contributed by atoms with Crippen molar-refractivity contribution in [2.45, 2.75) is 24.3 Å². The van der Waals surface area contributed by atoms with Crippen molar-refractivity contribution in [2.24, 2.45) is 0 Å². The van der Waals surface area contributed by atoms with E-state index in [-0.39, 0.29) is 11.9 Å². The van der Waals surface area contributed by atoms with Crippen molar-refractivity contribution in [2.75, 3.05) is 25.9 Å². The second-order valence-corrected chi connectivity index (χ2v) is 5.41. The summed E-state index contributed by atoms with van der Waals surface area (Å²) in [5, 5.41) is 9.16. The van der Waals surface area contributed by atoms with Crippen molar-refractivity contribution in [3.05, 3.63) is 30.1 Å². The molecule has 0 aromatic heterocycles. The smallest absolute Gasteiger partial charge is 0.123 e. The van der Waals surface area contributed by atoms with Crippen molar-refractivity contribution in [1.82, 2.24) is 4.90 Å². The van der Waals surface area contributed by atoms with E-state index in [1.807, 2.05) is 7.05 Å². The molecule has 0 aliphatic rings. The van der Waals surface area contributed by atoms with Gasteiger partial charge in [-0.3, -0.25) is 0 Å². The van der Waals surface area contributed by atoms with E-state index in [0.29, 0.717) is 0 Å². The summed E-state index contributed by atoms with van der Waals surface area (Å²) in [5.74, 6) is 0.783. The Hall–Kier alpha value is -0.580. The molecule has 1 N–H and O–H groups in total. The summed E-state index contributed by atoms with van der Waals surface area (Å²) in [4.78, 5) is 3.29. The molecule has 0 heterocycles. The first-order valence-electron chi connectivity index (χ1n) is 5.83. The van der Waals surface area contributed by atoms with Crippen LogP contribution in [0.3, 0.4) is 0 Å². The second kappa shape index (κ2) is 7.69. The van der Waals surface area contributed by atoms with Crippen LogP contribution in [0.5, 0.6) is 0 Å². The van der Waals surface area contributed by atoms with E-state index < -0.39 is 0 Å². The van der Waals surface area contributed by atoms with Crippen LogP contribution in [0.4, 0.5) is 4.39 Å². The summed E-state index contributed by atoms with van der Waals surface area (Å²) in [7, 11) is 2.05. The molecule has 0 bridgehead atoms. The molecule has 4 heteroatoms. The van der Waals surface area contributed by atoms with Crippen LogP contribution in [0, 0.1) is 5.82 Å². The van der Waals surface area contributed by atoms with Gasteiger partial charge in [-0.2, -0.15) is 0 Å². The van der Waals surface area contributed by atoms with Crippen LogP contribution in [0.2, 0.25) is 0 Å². The van der Waals surface area contributed by atoms with Crippen molar-refractivity contribution < 1.29 is 9.50 Å². The minimum absolute atomic E-state index is 0.191. The van der Waals surface area contributed by atoms with Gasteiger partial charge >= 0.3 is 0 Å². The maximum atomic E-state index is 12.7. The van der Waals surface area contributed by atoms with E-state index in [1.165, 1.54) is 12.1 Å². The van der Waals surface area contributed by atoms with Crippen LogP contribution in [0.1, 0.15) is 13.3 Å². The topological polar surface area (TPSA) is 23.5 Å². The molecule has 0 radical (unpaired) electrons. The maximum absolute atomic E-state index is 12.7. The highest BCUT2D eigenvalue weighted by molar-refractivity contribution is 7.99. The van der Waals surface area contributed by atoms with Gasteiger partial charge in [0.1, 0.15) is 5.82 Å². The Morgan fingerprint density at radius 1 is 1.29 bits per heavy atom. The van der Waals surface area contributed by atoms with Crippen LogP contribution < -0.4 is 0 Å². The zero-order chi connectivity index (χ0) is 12.7. The minimum atomic E-state index is -0.234. The van der Waals surface area contributed by atoms with Crippen LogP contribution in [0.15, 0.2) is 29.2 Å². The zero-order valence-electron chi connectivity index (χ0n) is 10.4. The first-order chi connectivity index (χ1) is 8.08. The number of halogens is 1. The largest absolute Gasteiger partial charge is 0.393 e. The van der Waals surface area contributed by atoms with E-state index in [2.05, 4.69) is 4.90 Å². The van der Waals surface area contributed by atoms with Gasteiger partial charge in [-0.15, -0.1) is 11.8 Å². The van der Waals surface area contributed by atoms with Crippen LogP contribution in [-0.4, -0.2) is 42.0 Å². The molecule has 0 aliphatic carbocycles. The highest BCUT2D eigenvalue weighted by atomic mass is 32.2. The minimum Gasteiger partial charge on any atom is -0.393 e. The van der Waals surface area contributed by atoms with Crippen LogP contribution in [-0.2, 0) is 0 Å². The summed E-state index contributed by atoms with van der Waals surface area (Å²) in [6, 6.07) is 6.57. The summed E-state index contributed by atoms with van der Waals surface area (Å²) < 4.78 is 12.7. The molecule has 1 aromatic carbocycles. The lowest BCUT2D eigenvalue weighted by Crippen LogP contribution is -2.24. The lowest BCUT2D eigenvalue weighted by molar-refractivity contribution is 0.166. The average molecular weight is 257 g/mol. The van der Waals surface area contributed by atoms with Gasteiger partial charge in [-0.1, -0.05) is 0 Å². The first-order valence-corrected chi connectivity index (χ1v) is 6.81. The predicted molar refractivity (Wildman–Crippen MR) is 70.9 cm³/mol. The Bertz CT molecular complexity index is 316. The maximum Gasteiger partial charge on any atom is 0.123 e. The van der Waals surface area contributed by atoms with Crippen molar-refractivity contribution in [3.8, 4) is 0 Å². The molecule has 0 amide bonds. The summed E-state index contributed by atoms with van der Waals surface area (Å²) in [6.45, 7) is 3.68. The lowest BCUT2D eigenvalue weighted by Gasteiger charge is -2.17. The van der Waals surface area contributed by atoms with Gasteiger partial charge < -0.3 is 10.0 Å². The standard InChI is InChI=1S/C13H20FNOS/c1-11(16)7-8-15(2)9-10-17-13-5-3-12(14)4-6-13/h3-6,11,16H,7-10H2,1-2H3. The molecular formula is C13H20FNOS. The normalized spacial score (nSPS) is 13.0. The van der Waals surface area contributed by atoms with E-state index in [9.17, 15) is 4.39 Å². The van der Waals surface area contributed by atoms with Crippen molar-refractivity contribution in [3.63, 3.8) is 0 Å². The molecule has 1 unspecified atom stereocenters. The van der Waals surface area contributed by atoms with Gasteiger partial charge in [0.2, 0.25) is 0 Å². The summed E-state index contributed by atoms with van der Waals surface area (Å²) in [6.07, 6.45) is 0.569. The van der Waals surface area contributed by atoms with Gasteiger partial charge in [-0.25, -0.2) is 4.39 Å². The fraction of sp³-hybridized carbons (Fsp3) is 0.538. The third kappa shape index (κ3) is 6.66. The van der Waals surface area contributed by atoms with Gasteiger partial charge in [-0.05, 0) is 44.7 Å². The molecular weight excluding hydrogens is 237 g/mol. The molecule has 1 atom stereocenters. The van der Waals surface area contributed by atoms with Crippen molar-refractivity contribution in [1.29, 1.82) is 0 Å². The third-order valence-corrected chi connectivity index (χ3v) is 3.48. The molecule has 0 spiro atoms. The Balaban J connectivity index is 2.16. The number of aliphatic hydroxyl groups is 1. The Labute approximate surface area is 107 Å². The van der Waals surface area contributed by atoms with E-state index >= 15 is 0 Å². The SMILES string of the molecule is CC(O)CCN(C)CCSc1ccc(F)cc1. The molecule has 0 fully saturated rings. The van der Waals surface area contributed by atoms with Gasteiger partial charge in [0, 0.05) is 23.7 Å². The predicted octanol–water partition coefficient (Wildman–Crippen LogP) is 2.62. The fourth-order valence-corrected chi connectivity index (χ4v) is 2.34. The molecule has 1 aromatic rings. The number of thioether (sulfide) groups is 1. The molecule has 2 nitrogen and oxygen atoms in total. The monoisotopic (exact) mass is 257 g/mol. The number of hydrogen-bond donors (Lipinski definition) is 1. The molecule has 1 rings (SSSR count). The molecule has 0 saturated heterocycles. The lowest BCUT2D eigenvalue weighted by atomic mass is 10.3. The van der Waals surface area contributed by atoms with E-state index in [0.717, 1.165) is 30.2 Å². The highest BCUT2D eigenvalue weighted by Gasteiger charge is 2.02. The van der Waals surface area contributed by atoms with E-state index in [1.54, 1.807) is 30.8 Å². The van der Waals surface area contributed by atoms with Crippen LogP contribution in [0.25, 0.3) is 0 Å². The van der Waals surface area contributed by atoms with E-state index in [4.69, 9.17) is 5.11 Å². The van der Waals surface area contributed by atoms with Crippen LogP contribution >= 0.6 is 11.8 Å². The average Bonchev–Trinajstić information content (AvgIpc) is 2.29. The van der Waals surface area contributed by atoms with Gasteiger partial charge in [0.05, 0.1) is 6.10 Å². The number of benzene rings is 1. The van der Waals surface area contributed by atoms with Gasteiger partial charge in [0.15, 0.2) is 0 Å². The quantitative estimate of drug-likeness (QED) is 0.760.